The molecule has 2 rings (SSSR count). The maximum absolute atomic E-state index is 10.8. The summed E-state index contributed by atoms with van der Waals surface area (Å²) in [6.07, 6.45) is 0. The highest BCUT2D eigenvalue weighted by Crippen LogP contribution is 2.27. The first kappa shape index (κ1) is 18.0. The number of benzene rings is 2. The van der Waals surface area contributed by atoms with Gasteiger partial charge in [0.2, 0.25) is 0 Å². The Morgan fingerprint density at radius 1 is 1.33 bits per heavy atom. The van der Waals surface area contributed by atoms with E-state index in [-0.39, 0.29) is 18.0 Å². The number of rotatable bonds is 4. The van der Waals surface area contributed by atoms with Crippen LogP contribution in [0.3, 0.4) is 0 Å². The predicted octanol–water partition coefficient (Wildman–Crippen LogP) is 4.06. The Morgan fingerprint density at radius 3 is 2.67 bits per heavy atom. The van der Waals surface area contributed by atoms with Gasteiger partial charge in [0, 0.05) is 24.2 Å². The van der Waals surface area contributed by atoms with Gasteiger partial charge >= 0.3 is 0 Å². The van der Waals surface area contributed by atoms with E-state index in [2.05, 4.69) is 10.6 Å². The fourth-order valence-electron chi connectivity index (χ4n) is 2.23. The first-order chi connectivity index (χ1) is 11.3. The molecule has 0 amide bonds. The molecule has 0 spiro atoms. The first-order valence-corrected chi connectivity index (χ1v) is 7.84. The maximum atomic E-state index is 10.8. The van der Waals surface area contributed by atoms with E-state index < -0.39 is 4.92 Å². The number of nitrogens with zero attached hydrogens (tertiary/aromatic N) is 1. The zero-order chi connectivity index (χ0) is 17.9. The van der Waals surface area contributed by atoms with Gasteiger partial charge in [0.05, 0.1) is 15.6 Å². The molecule has 0 radical (unpaired) electrons. The molecule has 0 saturated carbocycles. The third-order valence-corrected chi connectivity index (χ3v) is 3.93. The zero-order valence-corrected chi connectivity index (χ0v) is 14.7. The van der Waals surface area contributed by atoms with Crippen LogP contribution in [0, 0.1) is 24.0 Å². The lowest BCUT2D eigenvalue weighted by molar-refractivity contribution is -0.384. The molecule has 0 heterocycles. The number of nitrogens with one attached hydrogen (secondary N) is 2. The van der Waals surface area contributed by atoms with Gasteiger partial charge in [-0.2, -0.15) is 0 Å². The molecule has 0 saturated heterocycles. The SMILES string of the molecule is Cc1cc(C)c(NC(=S)NCc2cc([N+](=O)[O-])ccc2O)c(Cl)c1. The van der Waals surface area contributed by atoms with Crippen LogP contribution in [0.25, 0.3) is 0 Å². The van der Waals surface area contributed by atoms with Crippen molar-refractivity contribution >= 4 is 40.3 Å². The number of hydrogen-bond donors (Lipinski definition) is 3. The fraction of sp³-hybridized carbons (Fsp3) is 0.188. The Morgan fingerprint density at radius 2 is 2.04 bits per heavy atom. The molecule has 6 nitrogen and oxygen atoms in total. The highest BCUT2D eigenvalue weighted by molar-refractivity contribution is 7.80. The average molecular weight is 366 g/mol. The zero-order valence-electron chi connectivity index (χ0n) is 13.1. The first-order valence-electron chi connectivity index (χ1n) is 7.06. The molecule has 0 atom stereocenters. The third-order valence-electron chi connectivity index (χ3n) is 3.38. The van der Waals surface area contributed by atoms with E-state index in [1.807, 2.05) is 26.0 Å². The smallest absolute Gasteiger partial charge is 0.270 e. The number of nitro benzene ring substituents is 1. The van der Waals surface area contributed by atoms with E-state index in [0.717, 1.165) is 11.1 Å². The minimum atomic E-state index is -0.519. The van der Waals surface area contributed by atoms with Crippen LogP contribution in [0.4, 0.5) is 11.4 Å². The molecule has 0 bridgehead atoms. The van der Waals surface area contributed by atoms with Crippen LogP contribution < -0.4 is 10.6 Å². The van der Waals surface area contributed by atoms with E-state index in [9.17, 15) is 15.2 Å². The predicted molar refractivity (Wildman–Crippen MR) is 98.7 cm³/mol. The number of thiocarbonyl (C=S) groups is 1. The molecule has 2 aromatic carbocycles. The topological polar surface area (TPSA) is 87.4 Å². The number of anilines is 1. The molecule has 3 N–H and O–H groups in total. The summed E-state index contributed by atoms with van der Waals surface area (Å²) in [5.41, 5.74) is 2.97. The van der Waals surface area contributed by atoms with Crippen molar-refractivity contribution in [3.05, 3.63) is 62.2 Å². The van der Waals surface area contributed by atoms with Crippen LogP contribution in [0.15, 0.2) is 30.3 Å². The van der Waals surface area contributed by atoms with Gasteiger partial charge in [0.15, 0.2) is 5.11 Å². The van der Waals surface area contributed by atoms with Crippen LogP contribution in [0.2, 0.25) is 5.02 Å². The second-order valence-corrected chi connectivity index (χ2v) is 6.13. The molecular formula is C16H16ClN3O3S. The Balaban J connectivity index is 2.07. The number of aryl methyl sites for hydroxylation is 2. The monoisotopic (exact) mass is 365 g/mol. The second kappa shape index (κ2) is 7.46. The summed E-state index contributed by atoms with van der Waals surface area (Å²) in [5.74, 6) is -0.0413. The van der Waals surface area contributed by atoms with Crippen LogP contribution in [-0.2, 0) is 6.54 Å². The Hall–Kier alpha value is -2.38. The molecule has 0 aliphatic rings. The maximum Gasteiger partial charge on any atom is 0.270 e. The minimum Gasteiger partial charge on any atom is -0.508 e. The summed E-state index contributed by atoms with van der Waals surface area (Å²) >= 11 is 11.4. The molecule has 24 heavy (non-hydrogen) atoms. The molecule has 8 heteroatoms. The second-order valence-electron chi connectivity index (χ2n) is 5.32. The lowest BCUT2D eigenvalue weighted by Crippen LogP contribution is -2.28. The van der Waals surface area contributed by atoms with E-state index in [4.69, 9.17) is 23.8 Å². The van der Waals surface area contributed by atoms with Crippen molar-refractivity contribution in [2.45, 2.75) is 20.4 Å². The normalized spacial score (nSPS) is 10.3. The number of hydrogen-bond acceptors (Lipinski definition) is 4. The van der Waals surface area contributed by atoms with Crippen LogP contribution >= 0.6 is 23.8 Å². The Bertz CT molecular complexity index is 788. The number of non-ortho nitro benzene ring substituents is 1. The molecule has 0 unspecified atom stereocenters. The Kier molecular flexibility index (Phi) is 5.58. The molecule has 0 aliphatic heterocycles. The highest BCUT2D eigenvalue weighted by atomic mass is 35.5. The number of halogens is 1. The Labute approximate surface area is 149 Å². The standard InChI is InChI=1S/C16H16ClN3O3S/c1-9-5-10(2)15(13(17)6-9)19-16(24)18-8-11-7-12(20(22)23)3-4-14(11)21/h3-7,21H,8H2,1-2H3,(H2,18,19,24). The van der Waals surface area contributed by atoms with Gasteiger partial charge in [-0.1, -0.05) is 17.7 Å². The highest BCUT2D eigenvalue weighted by Gasteiger charge is 2.11. The lowest BCUT2D eigenvalue weighted by Gasteiger charge is -2.15. The van der Waals surface area contributed by atoms with E-state index in [0.29, 0.717) is 21.4 Å². The van der Waals surface area contributed by atoms with Crippen molar-refractivity contribution in [1.82, 2.24) is 5.32 Å². The summed E-state index contributed by atoms with van der Waals surface area (Å²) in [5, 5.41) is 27.3. The van der Waals surface area contributed by atoms with Gasteiger partial charge in [-0.15, -0.1) is 0 Å². The summed E-state index contributed by atoms with van der Waals surface area (Å²) < 4.78 is 0. The minimum absolute atomic E-state index is 0.0413. The molecule has 0 aliphatic carbocycles. The van der Waals surface area contributed by atoms with Gasteiger partial charge in [0.25, 0.3) is 5.69 Å². The van der Waals surface area contributed by atoms with Crippen molar-refractivity contribution in [1.29, 1.82) is 0 Å². The van der Waals surface area contributed by atoms with E-state index in [1.165, 1.54) is 18.2 Å². The summed E-state index contributed by atoms with van der Waals surface area (Å²) in [6, 6.07) is 7.63. The molecule has 0 aromatic heterocycles. The van der Waals surface area contributed by atoms with Crippen LogP contribution in [0.5, 0.6) is 5.75 Å². The summed E-state index contributed by atoms with van der Waals surface area (Å²) in [4.78, 5) is 10.3. The molecular weight excluding hydrogens is 350 g/mol. The van der Waals surface area contributed by atoms with Gasteiger partial charge in [-0.05, 0) is 49.3 Å². The van der Waals surface area contributed by atoms with Gasteiger partial charge < -0.3 is 15.7 Å². The van der Waals surface area contributed by atoms with Crippen LogP contribution in [0.1, 0.15) is 16.7 Å². The fourth-order valence-corrected chi connectivity index (χ4v) is 2.78. The number of aromatic hydroxyl groups is 1. The van der Waals surface area contributed by atoms with Crippen molar-refractivity contribution in [3.8, 4) is 5.75 Å². The largest absolute Gasteiger partial charge is 0.508 e. The summed E-state index contributed by atoms with van der Waals surface area (Å²) in [6.45, 7) is 4.00. The van der Waals surface area contributed by atoms with E-state index >= 15 is 0 Å². The molecule has 126 valence electrons. The summed E-state index contributed by atoms with van der Waals surface area (Å²) in [7, 11) is 0. The number of phenols is 1. The number of nitro groups is 1. The van der Waals surface area contributed by atoms with Gasteiger partial charge in [-0.3, -0.25) is 10.1 Å². The van der Waals surface area contributed by atoms with Crippen molar-refractivity contribution in [3.63, 3.8) is 0 Å². The lowest BCUT2D eigenvalue weighted by atomic mass is 10.1. The van der Waals surface area contributed by atoms with Gasteiger partial charge in [-0.25, -0.2) is 0 Å². The van der Waals surface area contributed by atoms with Crippen molar-refractivity contribution < 1.29 is 10.0 Å². The molecule has 2 aromatic rings. The van der Waals surface area contributed by atoms with Crippen LogP contribution in [-0.4, -0.2) is 15.1 Å². The number of phenolic OH excluding ortho intramolecular Hbond substituents is 1. The quantitative estimate of drug-likeness (QED) is 0.430. The molecule has 0 fully saturated rings. The van der Waals surface area contributed by atoms with Crippen molar-refractivity contribution in [2.24, 2.45) is 0 Å². The van der Waals surface area contributed by atoms with Gasteiger partial charge in [0.1, 0.15) is 5.75 Å². The third kappa shape index (κ3) is 4.33. The average Bonchev–Trinajstić information content (AvgIpc) is 2.49. The van der Waals surface area contributed by atoms with Crippen molar-refractivity contribution in [2.75, 3.05) is 5.32 Å². The van der Waals surface area contributed by atoms with E-state index in [1.54, 1.807) is 0 Å².